The van der Waals surface area contributed by atoms with Crippen LogP contribution in [0.5, 0.6) is 11.5 Å². The molecule has 38 heavy (non-hydrogen) atoms. The number of Topliss-reactive ketones (excluding diaryl/α,β-unsaturated/α-hetero) is 1. The zero-order chi connectivity index (χ0) is 27.7. The van der Waals surface area contributed by atoms with E-state index in [4.69, 9.17) is 21.1 Å². The number of aliphatic hydroxyl groups is 1. The number of aryl methyl sites for hydroxylation is 1. The van der Waals surface area contributed by atoms with Gasteiger partial charge in [0.25, 0.3) is 11.7 Å². The van der Waals surface area contributed by atoms with Crippen LogP contribution >= 0.6 is 11.6 Å². The van der Waals surface area contributed by atoms with Crippen LogP contribution in [0.3, 0.4) is 0 Å². The van der Waals surface area contributed by atoms with E-state index in [9.17, 15) is 14.7 Å². The Balaban J connectivity index is 1.97. The van der Waals surface area contributed by atoms with Crippen molar-refractivity contribution >= 4 is 40.4 Å². The summed E-state index contributed by atoms with van der Waals surface area (Å²) in [4.78, 5) is 30.5. The molecule has 0 spiro atoms. The van der Waals surface area contributed by atoms with E-state index in [1.807, 2.05) is 58.0 Å². The van der Waals surface area contributed by atoms with Gasteiger partial charge in [0.1, 0.15) is 17.3 Å². The molecule has 3 aromatic carbocycles. The number of rotatable bonds is 7. The van der Waals surface area contributed by atoms with E-state index < -0.39 is 17.7 Å². The number of ether oxygens (including phenoxy) is 2. The van der Waals surface area contributed by atoms with Crippen molar-refractivity contribution < 1.29 is 24.2 Å². The van der Waals surface area contributed by atoms with Crippen molar-refractivity contribution in [2.45, 2.75) is 32.9 Å². The Kier molecular flexibility index (Phi) is 7.69. The molecule has 1 saturated heterocycles. The highest BCUT2D eigenvalue weighted by Crippen LogP contribution is 2.45. The first-order valence-electron chi connectivity index (χ1n) is 12.2. The van der Waals surface area contributed by atoms with E-state index in [-0.39, 0.29) is 33.8 Å². The van der Waals surface area contributed by atoms with Gasteiger partial charge in [0.2, 0.25) is 0 Å². The van der Waals surface area contributed by atoms with Crippen LogP contribution in [0.4, 0.5) is 11.4 Å². The number of carbonyl (C=O) groups is 2. The maximum Gasteiger partial charge on any atom is 0.300 e. The van der Waals surface area contributed by atoms with Gasteiger partial charge >= 0.3 is 0 Å². The standard InChI is InChI=1S/C30H31ClN2O5/c1-17(2)38-22-9-7-8-19(16-22)26-25(27(34)23-14-18(3)15-24(31)29(23)37-6)28(35)30(36)33(26)21-12-10-20(11-13-21)32(4)5/h7-17,26,34H,1-6H3/b27-25+. The molecule has 3 aromatic rings. The van der Waals surface area contributed by atoms with Crippen LogP contribution in [0.2, 0.25) is 5.02 Å². The fourth-order valence-electron chi connectivity index (χ4n) is 4.61. The fourth-order valence-corrected chi connectivity index (χ4v) is 4.96. The molecule has 0 saturated carbocycles. The summed E-state index contributed by atoms with van der Waals surface area (Å²) in [5.41, 5.74) is 3.00. The second-order valence-corrected chi connectivity index (χ2v) is 10.1. The van der Waals surface area contributed by atoms with Crippen LogP contribution in [0, 0.1) is 6.92 Å². The summed E-state index contributed by atoms with van der Waals surface area (Å²) in [6, 6.07) is 17.0. The van der Waals surface area contributed by atoms with Crippen molar-refractivity contribution in [3.8, 4) is 11.5 Å². The maximum absolute atomic E-state index is 13.6. The topological polar surface area (TPSA) is 79.3 Å². The van der Waals surface area contributed by atoms with Crippen molar-refractivity contribution in [3.05, 3.63) is 87.9 Å². The second-order valence-electron chi connectivity index (χ2n) is 9.65. The van der Waals surface area contributed by atoms with Crippen LogP contribution in [0.1, 0.15) is 36.6 Å². The summed E-state index contributed by atoms with van der Waals surface area (Å²) < 4.78 is 11.4. The van der Waals surface area contributed by atoms with Crippen LogP contribution in [-0.2, 0) is 9.59 Å². The van der Waals surface area contributed by atoms with Gasteiger partial charge in [-0.1, -0.05) is 23.7 Å². The number of ketones is 1. The van der Waals surface area contributed by atoms with E-state index in [1.54, 1.807) is 42.5 Å². The first-order valence-corrected chi connectivity index (χ1v) is 12.6. The predicted octanol–water partition coefficient (Wildman–Crippen LogP) is 6.14. The minimum atomic E-state index is -0.917. The van der Waals surface area contributed by atoms with Crippen LogP contribution < -0.4 is 19.3 Å². The third kappa shape index (κ3) is 5.07. The van der Waals surface area contributed by atoms with Gasteiger partial charge in [0.15, 0.2) is 0 Å². The number of anilines is 2. The molecule has 4 rings (SSSR count). The number of hydrogen-bond donors (Lipinski definition) is 1. The third-order valence-electron chi connectivity index (χ3n) is 6.28. The Morgan fingerprint density at radius 3 is 2.34 bits per heavy atom. The first kappa shape index (κ1) is 27.1. The Hall–Kier alpha value is -3.97. The van der Waals surface area contributed by atoms with Gasteiger partial charge in [0, 0.05) is 25.5 Å². The van der Waals surface area contributed by atoms with Crippen molar-refractivity contribution in [3.63, 3.8) is 0 Å². The lowest BCUT2D eigenvalue weighted by molar-refractivity contribution is -0.132. The monoisotopic (exact) mass is 534 g/mol. The summed E-state index contributed by atoms with van der Waals surface area (Å²) in [5, 5.41) is 11.9. The highest BCUT2D eigenvalue weighted by Gasteiger charge is 2.47. The van der Waals surface area contributed by atoms with E-state index in [0.29, 0.717) is 17.0 Å². The number of halogens is 1. The largest absolute Gasteiger partial charge is 0.507 e. The molecule has 0 aromatic heterocycles. The highest BCUT2D eigenvalue weighted by molar-refractivity contribution is 6.51. The van der Waals surface area contributed by atoms with Gasteiger partial charge in [-0.3, -0.25) is 14.5 Å². The lowest BCUT2D eigenvalue weighted by Gasteiger charge is -2.26. The van der Waals surface area contributed by atoms with E-state index in [0.717, 1.165) is 11.3 Å². The molecule has 0 bridgehead atoms. The zero-order valence-corrected chi connectivity index (χ0v) is 23.0. The van der Waals surface area contributed by atoms with Crippen LogP contribution in [0.15, 0.2) is 66.2 Å². The van der Waals surface area contributed by atoms with Gasteiger partial charge in [-0.25, -0.2) is 0 Å². The summed E-state index contributed by atoms with van der Waals surface area (Å²) in [5.74, 6) is -1.12. The Labute approximate surface area is 227 Å². The minimum absolute atomic E-state index is 0.0617. The molecule has 1 N–H and O–H groups in total. The van der Waals surface area contributed by atoms with Crippen molar-refractivity contribution in [2.24, 2.45) is 0 Å². The van der Waals surface area contributed by atoms with E-state index >= 15 is 0 Å². The average Bonchev–Trinajstić information content (AvgIpc) is 3.13. The van der Waals surface area contributed by atoms with Gasteiger partial charge in [-0.2, -0.15) is 0 Å². The molecule has 198 valence electrons. The Bertz CT molecular complexity index is 1410. The second kappa shape index (κ2) is 10.8. The summed E-state index contributed by atoms with van der Waals surface area (Å²) in [6.07, 6.45) is -0.0751. The Morgan fingerprint density at radius 2 is 1.74 bits per heavy atom. The van der Waals surface area contributed by atoms with Gasteiger partial charge in [-0.15, -0.1) is 0 Å². The van der Waals surface area contributed by atoms with Crippen molar-refractivity contribution in [1.82, 2.24) is 0 Å². The number of benzene rings is 3. The molecule has 1 unspecified atom stereocenters. The summed E-state index contributed by atoms with van der Waals surface area (Å²) in [6.45, 7) is 5.65. The molecule has 1 heterocycles. The molecule has 8 heteroatoms. The fraction of sp³-hybridized carbons (Fsp3) is 0.267. The number of nitrogens with zero attached hydrogens (tertiary/aromatic N) is 2. The molecule has 1 aliphatic heterocycles. The van der Waals surface area contributed by atoms with Crippen LogP contribution in [-0.4, -0.2) is 44.1 Å². The minimum Gasteiger partial charge on any atom is -0.507 e. The number of aliphatic hydroxyl groups excluding tert-OH is 1. The van der Waals surface area contributed by atoms with Gasteiger partial charge in [0.05, 0.1) is 35.4 Å². The van der Waals surface area contributed by atoms with Crippen molar-refractivity contribution in [1.29, 1.82) is 0 Å². The normalized spacial score (nSPS) is 16.7. The predicted molar refractivity (Wildman–Crippen MR) is 150 cm³/mol. The van der Waals surface area contributed by atoms with E-state index in [1.165, 1.54) is 12.0 Å². The number of hydrogen-bond acceptors (Lipinski definition) is 6. The molecule has 1 aliphatic rings. The van der Waals surface area contributed by atoms with Crippen LogP contribution in [0.25, 0.3) is 5.76 Å². The molecule has 1 fully saturated rings. The molecule has 1 atom stereocenters. The Morgan fingerprint density at radius 1 is 1.05 bits per heavy atom. The molecule has 1 amide bonds. The lowest BCUT2D eigenvalue weighted by Crippen LogP contribution is -2.29. The maximum atomic E-state index is 13.6. The third-order valence-corrected chi connectivity index (χ3v) is 6.56. The van der Waals surface area contributed by atoms with Gasteiger partial charge in [-0.05, 0) is 80.4 Å². The average molecular weight is 535 g/mol. The highest BCUT2D eigenvalue weighted by atomic mass is 35.5. The molecular weight excluding hydrogens is 504 g/mol. The number of carbonyl (C=O) groups excluding carboxylic acids is 2. The molecule has 7 nitrogen and oxygen atoms in total. The lowest BCUT2D eigenvalue weighted by atomic mass is 9.94. The van der Waals surface area contributed by atoms with Crippen molar-refractivity contribution in [2.75, 3.05) is 31.0 Å². The molecular formula is C30H31ClN2O5. The zero-order valence-electron chi connectivity index (χ0n) is 22.3. The molecule has 0 aliphatic carbocycles. The number of amides is 1. The molecule has 0 radical (unpaired) electrons. The number of methoxy groups -OCH3 is 1. The van der Waals surface area contributed by atoms with Gasteiger partial charge < -0.3 is 19.5 Å². The smallest absolute Gasteiger partial charge is 0.300 e. The quantitative estimate of drug-likeness (QED) is 0.223. The summed E-state index contributed by atoms with van der Waals surface area (Å²) >= 11 is 6.40. The SMILES string of the molecule is COc1c(Cl)cc(C)cc1/C(O)=C1\C(=O)C(=O)N(c2ccc(N(C)C)cc2)C1c1cccc(OC(C)C)c1. The first-order chi connectivity index (χ1) is 18.0. The summed E-state index contributed by atoms with van der Waals surface area (Å²) in [7, 11) is 5.27. The van der Waals surface area contributed by atoms with E-state index in [2.05, 4.69) is 0 Å².